The summed E-state index contributed by atoms with van der Waals surface area (Å²) in [6, 6.07) is 15.4. The lowest BCUT2D eigenvalue weighted by molar-refractivity contribution is 0.0775. The first-order valence-corrected chi connectivity index (χ1v) is 16.7. The molecule has 7 N–H and O–H groups in total. The third kappa shape index (κ3) is 9.78. The molecule has 3 rings (SSSR count). The predicted octanol–water partition coefficient (Wildman–Crippen LogP) is 2.85. The first-order chi connectivity index (χ1) is 20.1. The van der Waals surface area contributed by atoms with Crippen molar-refractivity contribution < 1.29 is 42.5 Å². The highest BCUT2D eigenvalue weighted by Gasteiger charge is 2.32. The van der Waals surface area contributed by atoms with E-state index < -0.39 is 42.0 Å². The molecule has 1 amide bonds. The maximum absolute atomic E-state index is 13.6. The quantitative estimate of drug-likeness (QED) is 0.113. The van der Waals surface area contributed by atoms with Gasteiger partial charge in [0, 0.05) is 29.9 Å². The molecule has 43 heavy (non-hydrogen) atoms. The van der Waals surface area contributed by atoms with Crippen molar-refractivity contribution in [2.45, 2.75) is 44.2 Å². The SMILES string of the molecule is Cc1c(O)cccc1C(=O)N[C@@H](Cc1ccc(OCP(=O)(O)O)cc1)[C@H](O)CN(CC(C)C)S(=O)(=O)c1ccc(N)cc1. The van der Waals surface area contributed by atoms with E-state index in [0.29, 0.717) is 16.8 Å². The number of aliphatic hydroxyl groups excluding tert-OH is 1. The van der Waals surface area contributed by atoms with Gasteiger partial charge in [-0.05, 0) is 73.4 Å². The van der Waals surface area contributed by atoms with Crippen LogP contribution in [0.2, 0.25) is 0 Å². The number of aliphatic hydroxyl groups is 1. The number of benzene rings is 3. The van der Waals surface area contributed by atoms with Crippen LogP contribution in [0.15, 0.2) is 71.6 Å². The molecule has 14 heteroatoms. The second kappa shape index (κ2) is 14.3. The van der Waals surface area contributed by atoms with E-state index in [4.69, 9.17) is 20.3 Å². The van der Waals surface area contributed by atoms with Crippen molar-refractivity contribution >= 4 is 29.2 Å². The molecule has 0 spiro atoms. The number of aromatic hydroxyl groups is 1. The van der Waals surface area contributed by atoms with Gasteiger partial charge >= 0.3 is 7.60 Å². The fourth-order valence-corrected chi connectivity index (χ4v) is 6.27. The molecular formula is C29H38N3O9PS. The van der Waals surface area contributed by atoms with Gasteiger partial charge in [0.2, 0.25) is 10.0 Å². The van der Waals surface area contributed by atoms with E-state index in [1.165, 1.54) is 58.9 Å². The number of rotatable bonds is 14. The summed E-state index contributed by atoms with van der Waals surface area (Å²) < 4.78 is 44.6. The van der Waals surface area contributed by atoms with Crippen molar-refractivity contribution in [3.63, 3.8) is 0 Å². The zero-order chi connectivity index (χ0) is 31.9. The molecule has 0 aliphatic rings. The van der Waals surface area contributed by atoms with Gasteiger partial charge in [-0.3, -0.25) is 9.36 Å². The number of hydrogen-bond acceptors (Lipinski definition) is 8. The fraction of sp³-hybridized carbons (Fsp3) is 0.345. The van der Waals surface area contributed by atoms with E-state index >= 15 is 0 Å². The Kier molecular flexibility index (Phi) is 11.4. The molecule has 0 bridgehead atoms. The standard InChI is InChI=1S/C29H38N3O9PS/c1-19(2)16-32(43(39,40)24-13-9-22(30)10-14-24)17-28(34)26(31-29(35)25-5-4-6-27(33)20(25)3)15-21-7-11-23(12-8-21)41-18-42(36,37)38/h4-14,19,26,28,33-34H,15-18,30H2,1-3H3,(H,31,35)(H2,36,37,38)/t26-,28+/m0/s1. The Morgan fingerprint density at radius 3 is 2.23 bits per heavy atom. The number of phenolic OH excluding ortho intramolecular Hbond substituents is 1. The van der Waals surface area contributed by atoms with Crippen LogP contribution in [0.1, 0.15) is 35.3 Å². The second-order valence-electron chi connectivity index (χ2n) is 10.7. The van der Waals surface area contributed by atoms with Gasteiger partial charge in [-0.15, -0.1) is 0 Å². The van der Waals surface area contributed by atoms with E-state index in [0.717, 1.165) is 0 Å². The lowest BCUT2D eigenvalue weighted by Crippen LogP contribution is -2.51. The smallest absolute Gasteiger partial charge is 0.362 e. The Morgan fingerprint density at radius 1 is 1.02 bits per heavy atom. The minimum absolute atomic E-state index is 0.0106. The van der Waals surface area contributed by atoms with Crippen LogP contribution >= 0.6 is 7.60 Å². The van der Waals surface area contributed by atoms with Crippen LogP contribution in [-0.2, 0) is 21.0 Å². The molecule has 234 valence electrons. The van der Waals surface area contributed by atoms with Crippen LogP contribution in [0.25, 0.3) is 0 Å². The zero-order valence-electron chi connectivity index (χ0n) is 24.1. The van der Waals surface area contributed by atoms with Gasteiger partial charge in [-0.2, -0.15) is 4.31 Å². The average molecular weight is 636 g/mol. The summed E-state index contributed by atoms with van der Waals surface area (Å²) in [4.78, 5) is 31.4. The third-order valence-electron chi connectivity index (χ3n) is 6.59. The molecule has 0 heterocycles. The van der Waals surface area contributed by atoms with Crippen molar-refractivity contribution in [3.05, 3.63) is 83.4 Å². The minimum atomic E-state index is -4.37. The number of sulfonamides is 1. The van der Waals surface area contributed by atoms with Gasteiger partial charge in [0.1, 0.15) is 11.5 Å². The largest absolute Gasteiger partial charge is 0.508 e. The van der Waals surface area contributed by atoms with Gasteiger partial charge in [-0.1, -0.05) is 32.0 Å². The first kappa shape index (κ1) is 34.0. The molecule has 3 aromatic carbocycles. The third-order valence-corrected chi connectivity index (χ3v) is 8.90. The molecule has 0 aliphatic carbocycles. The highest BCUT2D eigenvalue weighted by atomic mass is 32.2. The number of nitrogens with one attached hydrogen (secondary N) is 1. The van der Waals surface area contributed by atoms with Crippen LogP contribution in [0, 0.1) is 12.8 Å². The summed E-state index contributed by atoms with van der Waals surface area (Å²) >= 11 is 0. The Labute approximate surface area is 251 Å². The maximum atomic E-state index is 13.6. The van der Waals surface area contributed by atoms with Gasteiger partial charge < -0.3 is 35.8 Å². The van der Waals surface area contributed by atoms with Crippen molar-refractivity contribution in [1.29, 1.82) is 0 Å². The first-order valence-electron chi connectivity index (χ1n) is 13.5. The van der Waals surface area contributed by atoms with Crippen molar-refractivity contribution in [1.82, 2.24) is 9.62 Å². The lowest BCUT2D eigenvalue weighted by Gasteiger charge is -2.31. The molecule has 0 unspecified atom stereocenters. The number of carbonyl (C=O) groups excluding carboxylic acids is 1. The Balaban J connectivity index is 1.91. The van der Waals surface area contributed by atoms with E-state index in [1.54, 1.807) is 19.1 Å². The highest BCUT2D eigenvalue weighted by Crippen LogP contribution is 2.34. The summed E-state index contributed by atoms with van der Waals surface area (Å²) in [5, 5.41) is 24.3. The summed E-state index contributed by atoms with van der Waals surface area (Å²) in [5.41, 5.74) is 7.28. The van der Waals surface area contributed by atoms with E-state index in [9.17, 15) is 28.0 Å². The lowest BCUT2D eigenvalue weighted by atomic mass is 9.99. The van der Waals surface area contributed by atoms with Gasteiger partial charge in [0.15, 0.2) is 6.35 Å². The average Bonchev–Trinajstić information content (AvgIpc) is 2.93. The molecule has 0 saturated carbocycles. The molecular weight excluding hydrogens is 597 g/mol. The van der Waals surface area contributed by atoms with Crippen LogP contribution in [-0.4, -0.2) is 70.2 Å². The molecule has 0 saturated heterocycles. The predicted molar refractivity (Wildman–Crippen MR) is 162 cm³/mol. The monoisotopic (exact) mass is 635 g/mol. The van der Waals surface area contributed by atoms with Crippen LogP contribution in [0.4, 0.5) is 5.69 Å². The van der Waals surface area contributed by atoms with Gasteiger partial charge in [0.05, 0.1) is 17.0 Å². The number of anilines is 1. The zero-order valence-corrected chi connectivity index (χ0v) is 25.8. The molecule has 12 nitrogen and oxygen atoms in total. The van der Waals surface area contributed by atoms with Crippen LogP contribution < -0.4 is 15.8 Å². The topological polar surface area (TPSA) is 200 Å². The van der Waals surface area contributed by atoms with Crippen LogP contribution in [0.5, 0.6) is 11.5 Å². The van der Waals surface area contributed by atoms with Crippen LogP contribution in [0.3, 0.4) is 0 Å². The number of nitrogens with two attached hydrogens (primary N) is 1. The van der Waals surface area contributed by atoms with Crippen molar-refractivity contribution in [2.75, 3.05) is 25.2 Å². The second-order valence-corrected chi connectivity index (χ2v) is 14.2. The van der Waals surface area contributed by atoms with E-state index in [-0.39, 0.29) is 47.4 Å². The molecule has 0 aromatic heterocycles. The van der Waals surface area contributed by atoms with E-state index in [2.05, 4.69) is 5.32 Å². The number of carbonyl (C=O) groups is 1. The van der Waals surface area contributed by atoms with Crippen molar-refractivity contribution in [2.24, 2.45) is 5.92 Å². The number of amides is 1. The summed E-state index contributed by atoms with van der Waals surface area (Å²) in [7, 11) is -8.41. The number of nitrogen functional groups attached to an aromatic ring is 1. The Bertz CT molecular complexity index is 1540. The molecule has 0 aliphatic heterocycles. The number of phenols is 1. The van der Waals surface area contributed by atoms with E-state index in [1.807, 2.05) is 13.8 Å². The van der Waals surface area contributed by atoms with Gasteiger partial charge in [-0.25, -0.2) is 8.42 Å². The Morgan fingerprint density at radius 2 is 1.65 bits per heavy atom. The molecule has 2 atom stereocenters. The molecule has 0 fully saturated rings. The summed E-state index contributed by atoms with van der Waals surface area (Å²) in [5.74, 6) is -0.523. The summed E-state index contributed by atoms with van der Waals surface area (Å²) in [6.07, 6.45) is -2.09. The number of nitrogens with zero attached hydrogens (tertiary/aromatic N) is 1. The highest BCUT2D eigenvalue weighted by molar-refractivity contribution is 7.89. The Hall–Kier alpha value is -3.45. The number of hydrogen-bond donors (Lipinski definition) is 6. The molecule has 3 aromatic rings. The molecule has 0 radical (unpaired) electrons. The maximum Gasteiger partial charge on any atom is 0.362 e. The summed E-state index contributed by atoms with van der Waals surface area (Å²) in [6.45, 7) is 5.03. The normalized spacial score (nSPS) is 13.6. The van der Waals surface area contributed by atoms with Crippen molar-refractivity contribution in [3.8, 4) is 11.5 Å². The number of ether oxygens (including phenoxy) is 1. The minimum Gasteiger partial charge on any atom is -0.508 e. The fourth-order valence-electron chi connectivity index (χ4n) is 4.34. The van der Waals surface area contributed by atoms with Gasteiger partial charge in [0.25, 0.3) is 5.91 Å².